The summed E-state index contributed by atoms with van der Waals surface area (Å²) in [6, 6.07) is 12.0. The molecule has 0 N–H and O–H groups in total. The smallest absolute Gasteiger partial charge is 0.217 e. The van der Waals surface area contributed by atoms with Crippen LogP contribution in [0, 0.1) is 0 Å². The van der Waals surface area contributed by atoms with Gasteiger partial charge in [-0.2, -0.15) is 0 Å². The molecule has 0 amide bonds. The SMILES string of the molecule is c1coc(-c2nc3n(n2)Cc2ccccc2-3)c1. The Bertz CT molecular complexity index is 683. The van der Waals surface area contributed by atoms with E-state index in [0.29, 0.717) is 11.6 Å². The van der Waals surface area contributed by atoms with Crippen molar-refractivity contribution in [2.45, 2.75) is 6.54 Å². The van der Waals surface area contributed by atoms with E-state index >= 15 is 0 Å². The largest absolute Gasteiger partial charge is 0.461 e. The molecule has 3 heterocycles. The van der Waals surface area contributed by atoms with E-state index in [2.05, 4.69) is 22.2 Å². The van der Waals surface area contributed by atoms with Crippen molar-refractivity contribution in [2.24, 2.45) is 0 Å². The molecule has 0 radical (unpaired) electrons. The first-order chi connectivity index (χ1) is 8.42. The summed E-state index contributed by atoms with van der Waals surface area (Å²) in [5, 5.41) is 4.46. The number of rotatable bonds is 1. The van der Waals surface area contributed by atoms with Crippen molar-refractivity contribution in [2.75, 3.05) is 0 Å². The van der Waals surface area contributed by atoms with Crippen LogP contribution in [-0.2, 0) is 6.54 Å². The number of hydrogen-bond donors (Lipinski definition) is 0. The predicted octanol–water partition coefficient (Wildman–Crippen LogP) is 2.57. The van der Waals surface area contributed by atoms with E-state index in [9.17, 15) is 0 Å². The number of fused-ring (bicyclic) bond motifs is 3. The fraction of sp³-hybridized carbons (Fsp3) is 0.0769. The minimum absolute atomic E-state index is 0.652. The zero-order chi connectivity index (χ0) is 11.2. The second-order valence-corrected chi connectivity index (χ2v) is 4.05. The van der Waals surface area contributed by atoms with Crippen LogP contribution in [0.4, 0.5) is 0 Å². The van der Waals surface area contributed by atoms with Crippen LogP contribution in [0.3, 0.4) is 0 Å². The molecule has 1 aromatic carbocycles. The zero-order valence-electron chi connectivity index (χ0n) is 9.00. The summed E-state index contributed by atoms with van der Waals surface area (Å²) < 4.78 is 7.23. The summed E-state index contributed by atoms with van der Waals surface area (Å²) in [5.41, 5.74) is 2.44. The van der Waals surface area contributed by atoms with Gasteiger partial charge in [0, 0.05) is 5.56 Å². The third-order valence-corrected chi connectivity index (χ3v) is 2.99. The van der Waals surface area contributed by atoms with Gasteiger partial charge in [0.05, 0.1) is 12.8 Å². The molecule has 1 aliphatic rings. The van der Waals surface area contributed by atoms with Crippen molar-refractivity contribution in [3.8, 4) is 23.0 Å². The van der Waals surface area contributed by atoms with E-state index in [1.165, 1.54) is 5.56 Å². The number of hydrogen-bond acceptors (Lipinski definition) is 3. The van der Waals surface area contributed by atoms with Gasteiger partial charge in [-0.1, -0.05) is 24.3 Å². The molecule has 1 aliphatic heterocycles. The minimum atomic E-state index is 0.652. The molecule has 3 aromatic rings. The fourth-order valence-corrected chi connectivity index (χ4v) is 2.20. The summed E-state index contributed by atoms with van der Waals surface area (Å²) in [7, 11) is 0. The first-order valence-corrected chi connectivity index (χ1v) is 5.49. The summed E-state index contributed by atoms with van der Waals surface area (Å²) >= 11 is 0. The van der Waals surface area contributed by atoms with Crippen molar-refractivity contribution in [1.29, 1.82) is 0 Å². The topological polar surface area (TPSA) is 43.9 Å². The monoisotopic (exact) mass is 223 g/mol. The number of aromatic nitrogens is 3. The third-order valence-electron chi connectivity index (χ3n) is 2.99. The number of benzene rings is 1. The maximum atomic E-state index is 5.31. The van der Waals surface area contributed by atoms with Crippen molar-refractivity contribution < 1.29 is 4.42 Å². The lowest BCUT2D eigenvalue weighted by Gasteiger charge is -1.95. The summed E-state index contributed by atoms with van der Waals surface area (Å²) in [6.45, 7) is 0.791. The molecule has 2 aromatic heterocycles. The van der Waals surface area contributed by atoms with Crippen LogP contribution in [0.25, 0.3) is 23.0 Å². The molecule has 0 aliphatic carbocycles. The van der Waals surface area contributed by atoms with Gasteiger partial charge in [-0.05, 0) is 17.7 Å². The fourth-order valence-electron chi connectivity index (χ4n) is 2.20. The van der Waals surface area contributed by atoms with Crippen LogP contribution in [-0.4, -0.2) is 14.8 Å². The normalized spacial score (nSPS) is 12.5. The van der Waals surface area contributed by atoms with Gasteiger partial charge in [0.15, 0.2) is 11.6 Å². The minimum Gasteiger partial charge on any atom is -0.461 e. The Kier molecular flexibility index (Phi) is 1.58. The lowest BCUT2D eigenvalue weighted by atomic mass is 10.1. The summed E-state index contributed by atoms with van der Waals surface area (Å²) in [6.07, 6.45) is 1.63. The van der Waals surface area contributed by atoms with Gasteiger partial charge in [-0.25, -0.2) is 9.67 Å². The van der Waals surface area contributed by atoms with E-state index in [0.717, 1.165) is 17.9 Å². The molecule has 82 valence electrons. The van der Waals surface area contributed by atoms with Gasteiger partial charge in [-0.3, -0.25) is 0 Å². The molecule has 0 saturated carbocycles. The molecule has 0 fully saturated rings. The van der Waals surface area contributed by atoms with E-state index in [4.69, 9.17) is 4.42 Å². The second-order valence-electron chi connectivity index (χ2n) is 4.05. The van der Waals surface area contributed by atoms with Crippen LogP contribution >= 0.6 is 0 Å². The maximum absolute atomic E-state index is 5.31. The van der Waals surface area contributed by atoms with E-state index in [1.807, 2.05) is 28.9 Å². The molecular formula is C13H9N3O. The average Bonchev–Trinajstić information content (AvgIpc) is 3.03. The Morgan fingerprint density at radius 2 is 2.06 bits per heavy atom. The van der Waals surface area contributed by atoms with Gasteiger partial charge in [0.1, 0.15) is 0 Å². The molecule has 0 atom stereocenters. The van der Waals surface area contributed by atoms with Crippen molar-refractivity contribution in [3.63, 3.8) is 0 Å². The lowest BCUT2D eigenvalue weighted by molar-refractivity contribution is 0.575. The standard InChI is InChI=1S/C13H9N3O/c1-2-5-10-9(4-1)8-16-13(10)14-12(15-16)11-6-3-7-17-11/h1-7H,8H2. The third kappa shape index (κ3) is 1.18. The Balaban J connectivity index is 1.89. The molecule has 0 unspecified atom stereocenters. The highest BCUT2D eigenvalue weighted by Gasteiger charge is 2.22. The molecular weight excluding hydrogens is 214 g/mol. The van der Waals surface area contributed by atoms with Crippen molar-refractivity contribution in [1.82, 2.24) is 14.8 Å². The highest BCUT2D eigenvalue weighted by atomic mass is 16.3. The molecule has 0 bridgehead atoms. The van der Waals surface area contributed by atoms with Crippen LogP contribution < -0.4 is 0 Å². The highest BCUT2D eigenvalue weighted by molar-refractivity contribution is 5.66. The Hall–Kier alpha value is -2.36. The second kappa shape index (κ2) is 3.07. The molecule has 0 spiro atoms. The molecule has 4 nitrogen and oxygen atoms in total. The molecule has 17 heavy (non-hydrogen) atoms. The van der Waals surface area contributed by atoms with Gasteiger partial charge < -0.3 is 4.42 Å². The van der Waals surface area contributed by atoms with Gasteiger partial charge in [-0.15, -0.1) is 5.10 Å². The Labute approximate surface area is 97.5 Å². The van der Waals surface area contributed by atoms with E-state index < -0.39 is 0 Å². The molecule has 0 saturated heterocycles. The molecule has 4 rings (SSSR count). The Morgan fingerprint density at radius 1 is 1.12 bits per heavy atom. The molecule has 4 heteroatoms. The van der Waals surface area contributed by atoms with Crippen LogP contribution in [0.5, 0.6) is 0 Å². The highest BCUT2D eigenvalue weighted by Crippen LogP contribution is 2.31. The van der Waals surface area contributed by atoms with E-state index in [-0.39, 0.29) is 0 Å². The quantitative estimate of drug-likeness (QED) is 0.498. The van der Waals surface area contributed by atoms with Crippen LogP contribution in [0.15, 0.2) is 47.1 Å². The summed E-state index contributed by atoms with van der Waals surface area (Å²) in [5.74, 6) is 2.29. The first-order valence-electron chi connectivity index (χ1n) is 5.49. The lowest BCUT2D eigenvalue weighted by Crippen LogP contribution is -1.95. The number of nitrogens with zero attached hydrogens (tertiary/aromatic N) is 3. The van der Waals surface area contributed by atoms with Crippen molar-refractivity contribution in [3.05, 3.63) is 48.2 Å². The maximum Gasteiger partial charge on any atom is 0.217 e. The first kappa shape index (κ1) is 8.75. The van der Waals surface area contributed by atoms with E-state index in [1.54, 1.807) is 6.26 Å². The average molecular weight is 223 g/mol. The number of furan rings is 1. The van der Waals surface area contributed by atoms with Gasteiger partial charge in [0.25, 0.3) is 0 Å². The predicted molar refractivity (Wildman–Crippen MR) is 62.3 cm³/mol. The summed E-state index contributed by atoms with van der Waals surface area (Å²) in [4.78, 5) is 4.53. The van der Waals surface area contributed by atoms with Crippen molar-refractivity contribution >= 4 is 0 Å². The van der Waals surface area contributed by atoms with Gasteiger partial charge in [0.2, 0.25) is 5.82 Å². The van der Waals surface area contributed by atoms with Crippen LogP contribution in [0.2, 0.25) is 0 Å². The zero-order valence-corrected chi connectivity index (χ0v) is 9.00. The Morgan fingerprint density at radius 3 is 2.94 bits per heavy atom. The van der Waals surface area contributed by atoms with Crippen LogP contribution in [0.1, 0.15) is 5.56 Å². The van der Waals surface area contributed by atoms with Gasteiger partial charge >= 0.3 is 0 Å².